The number of hydrogen-bond donors (Lipinski definition) is 1. The van der Waals surface area contributed by atoms with Gasteiger partial charge in [-0.25, -0.2) is 15.0 Å². The predicted octanol–water partition coefficient (Wildman–Crippen LogP) is 7.58. The van der Waals surface area contributed by atoms with Gasteiger partial charge in [0.2, 0.25) is 0 Å². The maximum absolute atomic E-state index is 13.9. The Balaban J connectivity index is 1.24. The van der Waals surface area contributed by atoms with Gasteiger partial charge in [-0.1, -0.05) is 25.0 Å². The minimum atomic E-state index is -0.531. The molecule has 2 saturated carbocycles. The molecule has 3 aromatic heterocycles. The van der Waals surface area contributed by atoms with E-state index in [1.54, 1.807) is 25.4 Å². The quantitative estimate of drug-likeness (QED) is 0.183. The maximum Gasteiger partial charge on any atom is 0.252 e. The fourth-order valence-corrected chi connectivity index (χ4v) is 7.25. The fraction of sp³-hybridized carbons (Fsp3) is 0.343. The molecule has 0 bridgehead atoms. The summed E-state index contributed by atoms with van der Waals surface area (Å²) in [4.78, 5) is 39.7. The fourth-order valence-electron chi connectivity index (χ4n) is 7.04. The summed E-state index contributed by atoms with van der Waals surface area (Å²) in [5.74, 6) is 1.47. The summed E-state index contributed by atoms with van der Waals surface area (Å²) in [7, 11) is 2.00. The van der Waals surface area contributed by atoms with Crippen molar-refractivity contribution in [1.29, 1.82) is 0 Å². The highest BCUT2D eigenvalue weighted by molar-refractivity contribution is 9.10. The lowest BCUT2D eigenvalue weighted by atomic mass is 9.75. The van der Waals surface area contributed by atoms with Gasteiger partial charge < -0.3 is 14.5 Å². The van der Waals surface area contributed by atoms with Crippen LogP contribution in [-0.4, -0.2) is 35.8 Å². The average molecular weight is 652 g/mol. The van der Waals surface area contributed by atoms with Gasteiger partial charge in [0.1, 0.15) is 5.82 Å². The van der Waals surface area contributed by atoms with Gasteiger partial charge >= 0.3 is 0 Å². The van der Waals surface area contributed by atoms with Crippen LogP contribution in [0.3, 0.4) is 0 Å². The largest absolute Gasteiger partial charge is 0.339 e. The van der Waals surface area contributed by atoms with Crippen molar-refractivity contribution in [2.24, 2.45) is 7.05 Å². The summed E-state index contributed by atoms with van der Waals surface area (Å²) in [5.41, 5.74) is 6.13. The lowest BCUT2D eigenvalue weighted by Crippen LogP contribution is -2.52. The summed E-state index contributed by atoms with van der Waals surface area (Å²) in [6.45, 7) is 3.66. The van der Waals surface area contributed by atoms with Crippen molar-refractivity contribution in [1.82, 2.24) is 29.4 Å². The lowest BCUT2D eigenvalue weighted by molar-refractivity contribution is -0.112. The van der Waals surface area contributed by atoms with Crippen molar-refractivity contribution in [3.8, 4) is 11.5 Å². The number of rotatable bonds is 7. The molecule has 5 aromatic rings. The molecule has 8 nitrogen and oxygen atoms in total. The van der Waals surface area contributed by atoms with Gasteiger partial charge in [-0.05, 0) is 109 Å². The van der Waals surface area contributed by atoms with Crippen LogP contribution in [0, 0.1) is 6.92 Å². The first-order valence-corrected chi connectivity index (χ1v) is 16.1. The summed E-state index contributed by atoms with van der Waals surface area (Å²) < 4.78 is 5.34. The number of benzene rings is 2. The number of carbonyl (C=O) groups excluding carboxylic acids is 2. The number of carbonyl (C=O) groups is 2. The summed E-state index contributed by atoms with van der Waals surface area (Å²) >= 11 is 3.47. The number of halogens is 1. The first-order valence-electron chi connectivity index (χ1n) is 15.3. The number of amides is 1. The molecule has 2 aliphatic carbocycles. The number of hydrogen-bond acceptors (Lipinski definition) is 5. The second kappa shape index (κ2) is 11.1. The zero-order chi connectivity index (χ0) is 30.6. The molecule has 0 unspecified atom stereocenters. The number of nitrogens with zero attached hydrogens (tertiary/aromatic N) is 5. The van der Waals surface area contributed by atoms with Crippen LogP contribution in [0.15, 0.2) is 59.3 Å². The first-order chi connectivity index (χ1) is 21.2. The third-order valence-electron chi connectivity index (χ3n) is 9.44. The number of aryl methyl sites for hydroxylation is 2. The van der Waals surface area contributed by atoms with Gasteiger partial charge in [0.25, 0.3) is 5.91 Å². The second-order valence-electron chi connectivity index (χ2n) is 12.3. The van der Waals surface area contributed by atoms with Crippen LogP contribution in [0.4, 0.5) is 0 Å². The Bertz CT molecular complexity index is 1960. The zero-order valence-corrected chi connectivity index (χ0v) is 26.8. The number of fused-ring (bicyclic) bond motifs is 2. The molecule has 2 aliphatic rings. The van der Waals surface area contributed by atoms with Gasteiger partial charge in [0.05, 0.1) is 26.7 Å². The molecule has 44 heavy (non-hydrogen) atoms. The smallest absolute Gasteiger partial charge is 0.252 e. The van der Waals surface area contributed by atoms with Crippen LogP contribution in [0.1, 0.15) is 85.2 Å². The van der Waals surface area contributed by atoms with Crippen molar-refractivity contribution in [3.05, 3.63) is 81.9 Å². The van der Waals surface area contributed by atoms with E-state index in [9.17, 15) is 9.59 Å². The van der Waals surface area contributed by atoms with Crippen molar-refractivity contribution in [3.63, 3.8) is 0 Å². The lowest BCUT2D eigenvalue weighted by Gasteiger charge is -2.41. The summed E-state index contributed by atoms with van der Waals surface area (Å²) in [6.07, 6.45) is 14.3. The molecule has 1 N–H and O–H groups in total. The van der Waals surface area contributed by atoms with E-state index in [1.165, 1.54) is 12.8 Å². The summed E-state index contributed by atoms with van der Waals surface area (Å²) in [6, 6.07) is 12.4. The van der Waals surface area contributed by atoms with E-state index in [-0.39, 0.29) is 11.7 Å². The summed E-state index contributed by atoms with van der Waals surface area (Å²) in [5, 5.41) is 4.46. The van der Waals surface area contributed by atoms with E-state index in [0.29, 0.717) is 17.4 Å². The van der Waals surface area contributed by atoms with Gasteiger partial charge in [-0.15, -0.1) is 0 Å². The predicted molar refractivity (Wildman–Crippen MR) is 176 cm³/mol. The van der Waals surface area contributed by atoms with E-state index in [2.05, 4.69) is 53.3 Å². The highest BCUT2D eigenvalue weighted by atomic mass is 79.9. The van der Waals surface area contributed by atoms with Crippen LogP contribution in [0.2, 0.25) is 0 Å². The van der Waals surface area contributed by atoms with E-state index >= 15 is 0 Å². The van der Waals surface area contributed by atoms with Crippen molar-refractivity contribution < 1.29 is 9.59 Å². The van der Waals surface area contributed by atoms with Crippen LogP contribution in [0.5, 0.6) is 0 Å². The van der Waals surface area contributed by atoms with Crippen LogP contribution in [-0.2, 0) is 17.4 Å². The minimum Gasteiger partial charge on any atom is -0.339 e. The van der Waals surface area contributed by atoms with Gasteiger partial charge in [-0.2, -0.15) is 0 Å². The first kappa shape index (κ1) is 28.6. The molecule has 2 aromatic carbocycles. The Hall–Kier alpha value is -4.11. The molecular weight excluding hydrogens is 616 g/mol. The van der Waals surface area contributed by atoms with Crippen molar-refractivity contribution in [2.45, 2.75) is 70.4 Å². The Morgan fingerprint density at radius 1 is 1.02 bits per heavy atom. The third-order valence-corrected chi connectivity index (χ3v) is 9.85. The topological polar surface area (TPSA) is 94.7 Å². The molecule has 224 valence electrons. The molecule has 0 aliphatic heterocycles. The Morgan fingerprint density at radius 2 is 1.77 bits per heavy atom. The minimum absolute atomic E-state index is 0.00767. The van der Waals surface area contributed by atoms with Gasteiger partial charge in [0, 0.05) is 41.9 Å². The number of nitrogens with one attached hydrogen (secondary N) is 1. The monoisotopic (exact) mass is 650 g/mol. The molecule has 0 saturated heterocycles. The zero-order valence-electron chi connectivity index (χ0n) is 25.2. The maximum atomic E-state index is 13.9. The molecule has 0 atom stereocenters. The number of aromatic nitrogens is 5. The van der Waals surface area contributed by atoms with Crippen LogP contribution in [0.25, 0.3) is 39.5 Å². The molecule has 1 amide bonds. The van der Waals surface area contributed by atoms with Crippen LogP contribution < -0.4 is 5.32 Å². The van der Waals surface area contributed by atoms with E-state index in [1.807, 2.05) is 43.5 Å². The molecule has 0 spiro atoms. The molecule has 2 fully saturated rings. The molecule has 0 radical (unpaired) electrons. The standard InChI is InChI=1S/C35H35BrN6O2/c1-21(43)9-10-23-11-13-28-30(17-23)41(3)34(39-28)35(15-6-16-35)40-33(44)24-12-14-29-27(18-24)22(2)31(32-37-19-25(36)20-38-32)42(29)26-7-4-5-8-26/h9-14,17-20,26H,4-8,15-16H2,1-3H3,(H,40,44)/b10-9+. The number of allylic oxidation sites excluding steroid dienone is 1. The van der Waals surface area contributed by atoms with Gasteiger partial charge in [0.15, 0.2) is 11.6 Å². The molecule has 3 heterocycles. The Labute approximate surface area is 264 Å². The number of imidazole rings is 1. The SMILES string of the molecule is CC(=O)/C=C/c1ccc2nc(C3(NC(=O)c4ccc5c(c4)c(C)c(-c4ncc(Br)cn4)n5C4CCCC4)CCC3)n(C)c2c1. The third kappa shape index (κ3) is 4.87. The Kier molecular flexibility index (Phi) is 7.23. The molecular formula is C35H35BrN6O2. The van der Waals surface area contributed by atoms with E-state index in [4.69, 9.17) is 4.98 Å². The van der Waals surface area contributed by atoms with Crippen molar-refractivity contribution >= 4 is 55.6 Å². The highest BCUT2D eigenvalue weighted by Crippen LogP contribution is 2.43. The average Bonchev–Trinajstić information content (AvgIpc) is 3.71. The second-order valence-corrected chi connectivity index (χ2v) is 13.2. The highest BCUT2D eigenvalue weighted by Gasteiger charge is 2.44. The molecule has 9 heteroatoms. The van der Waals surface area contributed by atoms with E-state index in [0.717, 1.165) is 81.2 Å². The number of ketones is 1. The normalized spacial score (nSPS) is 16.6. The van der Waals surface area contributed by atoms with Crippen LogP contribution >= 0.6 is 15.9 Å². The Morgan fingerprint density at radius 3 is 2.45 bits per heavy atom. The van der Waals surface area contributed by atoms with E-state index < -0.39 is 5.54 Å². The van der Waals surface area contributed by atoms with Crippen molar-refractivity contribution in [2.75, 3.05) is 0 Å². The molecule has 7 rings (SSSR count). The van der Waals surface area contributed by atoms with Gasteiger partial charge in [-0.3, -0.25) is 9.59 Å².